The van der Waals surface area contributed by atoms with Crippen molar-refractivity contribution in [3.05, 3.63) is 29.3 Å². The summed E-state index contributed by atoms with van der Waals surface area (Å²) >= 11 is 0. The topological polar surface area (TPSA) is 41.6 Å². The van der Waals surface area contributed by atoms with Crippen LogP contribution in [0.15, 0.2) is 18.2 Å². The second-order valence-corrected chi connectivity index (χ2v) is 7.98. The Morgan fingerprint density at radius 3 is 2.59 bits per heavy atom. The van der Waals surface area contributed by atoms with Gasteiger partial charge in [-0.3, -0.25) is 9.69 Å². The maximum atomic E-state index is 13.7. The van der Waals surface area contributed by atoms with Crippen molar-refractivity contribution in [1.29, 1.82) is 0 Å². The van der Waals surface area contributed by atoms with E-state index in [2.05, 4.69) is 24.1 Å². The Bertz CT molecular complexity index is 682. The maximum absolute atomic E-state index is 13.7. The van der Waals surface area contributed by atoms with Gasteiger partial charge in [0.2, 0.25) is 5.91 Å². The smallest absolute Gasteiger partial charge is 0.381 e. The standard InChI is InChI=1S/C20H27F3N2O2/c1-14(2)6-9-25-12-15-4-3-5-17(16(15)13-25)24-18(26)19(20(21,22)23)7-10-27-11-8-19/h3-5,14H,6-13H2,1-2H3,(H,24,26). The Balaban J connectivity index is 1.77. The van der Waals surface area contributed by atoms with Gasteiger partial charge in [0.15, 0.2) is 0 Å². The summed E-state index contributed by atoms with van der Waals surface area (Å²) in [5.74, 6) is -0.375. The van der Waals surface area contributed by atoms with Crippen molar-refractivity contribution < 1.29 is 22.7 Å². The fourth-order valence-corrected chi connectivity index (χ4v) is 3.81. The molecule has 1 aromatic carbocycles. The average molecular weight is 384 g/mol. The Morgan fingerprint density at radius 2 is 1.96 bits per heavy atom. The number of rotatable bonds is 5. The zero-order valence-corrected chi connectivity index (χ0v) is 15.9. The second kappa shape index (κ2) is 7.80. The van der Waals surface area contributed by atoms with Crippen LogP contribution in [0.5, 0.6) is 0 Å². The Kier molecular flexibility index (Phi) is 5.82. The first-order valence-electron chi connectivity index (χ1n) is 9.52. The van der Waals surface area contributed by atoms with Gasteiger partial charge in [-0.05, 0) is 48.9 Å². The predicted molar refractivity (Wildman–Crippen MR) is 97.2 cm³/mol. The van der Waals surface area contributed by atoms with Gasteiger partial charge in [0.25, 0.3) is 0 Å². The molecular weight excluding hydrogens is 357 g/mol. The van der Waals surface area contributed by atoms with Crippen LogP contribution in [0.2, 0.25) is 0 Å². The minimum Gasteiger partial charge on any atom is -0.381 e. The number of ether oxygens (including phenoxy) is 1. The molecule has 150 valence electrons. The van der Waals surface area contributed by atoms with Crippen LogP contribution >= 0.6 is 0 Å². The number of fused-ring (bicyclic) bond motifs is 1. The first-order valence-corrected chi connectivity index (χ1v) is 9.52. The third kappa shape index (κ3) is 4.14. The van der Waals surface area contributed by atoms with Crippen molar-refractivity contribution >= 4 is 11.6 Å². The van der Waals surface area contributed by atoms with Gasteiger partial charge in [-0.15, -0.1) is 0 Å². The molecule has 4 nitrogen and oxygen atoms in total. The van der Waals surface area contributed by atoms with Crippen LogP contribution in [0.4, 0.5) is 18.9 Å². The molecule has 7 heteroatoms. The summed E-state index contributed by atoms with van der Waals surface area (Å²) in [7, 11) is 0. The highest BCUT2D eigenvalue weighted by molar-refractivity contribution is 5.96. The average Bonchev–Trinajstić information content (AvgIpc) is 3.04. The Morgan fingerprint density at radius 1 is 1.26 bits per heavy atom. The van der Waals surface area contributed by atoms with E-state index in [1.54, 1.807) is 12.1 Å². The molecule has 0 aliphatic carbocycles. The van der Waals surface area contributed by atoms with Crippen LogP contribution in [-0.4, -0.2) is 36.7 Å². The van der Waals surface area contributed by atoms with Gasteiger partial charge in [-0.25, -0.2) is 0 Å². The number of hydrogen-bond donors (Lipinski definition) is 1. The van der Waals surface area contributed by atoms with Crippen molar-refractivity contribution in [3.8, 4) is 0 Å². The number of amides is 1. The SMILES string of the molecule is CC(C)CCN1Cc2cccc(NC(=O)C3(C(F)(F)F)CCOCC3)c2C1. The summed E-state index contributed by atoms with van der Waals surface area (Å²) in [6, 6.07) is 5.48. The summed E-state index contributed by atoms with van der Waals surface area (Å²) in [5.41, 5.74) is 0.132. The highest BCUT2D eigenvalue weighted by Crippen LogP contribution is 2.47. The highest BCUT2D eigenvalue weighted by Gasteiger charge is 2.60. The number of benzene rings is 1. The van der Waals surface area contributed by atoms with Gasteiger partial charge in [-0.2, -0.15) is 13.2 Å². The van der Waals surface area contributed by atoms with Gasteiger partial charge in [-0.1, -0.05) is 26.0 Å². The molecule has 1 N–H and O–H groups in total. The Hall–Kier alpha value is -1.60. The van der Waals surface area contributed by atoms with E-state index in [0.29, 0.717) is 18.2 Å². The van der Waals surface area contributed by atoms with Crippen LogP contribution in [-0.2, 0) is 22.6 Å². The lowest BCUT2D eigenvalue weighted by Crippen LogP contribution is -2.51. The van der Waals surface area contributed by atoms with E-state index in [-0.39, 0.29) is 26.1 Å². The van der Waals surface area contributed by atoms with E-state index < -0.39 is 17.5 Å². The number of alkyl halides is 3. The molecule has 2 aliphatic rings. The third-order valence-electron chi connectivity index (χ3n) is 5.64. The van der Waals surface area contributed by atoms with Crippen LogP contribution in [0.3, 0.4) is 0 Å². The van der Waals surface area contributed by atoms with Crippen molar-refractivity contribution in [3.63, 3.8) is 0 Å². The zero-order chi connectivity index (χ0) is 19.7. The number of anilines is 1. The third-order valence-corrected chi connectivity index (χ3v) is 5.64. The zero-order valence-electron chi connectivity index (χ0n) is 15.9. The molecule has 0 bridgehead atoms. The van der Waals surface area contributed by atoms with E-state index in [4.69, 9.17) is 4.74 Å². The van der Waals surface area contributed by atoms with Crippen LogP contribution in [0.1, 0.15) is 44.2 Å². The Labute approximate surface area is 158 Å². The molecule has 1 saturated heterocycles. The lowest BCUT2D eigenvalue weighted by atomic mass is 9.78. The monoisotopic (exact) mass is 384 g/mol. The van der Waals surface area contributed by atoms with Crippen molar-refractivity contribution in [2.24, 2.45) is 11.3 Å². The van der Waals surface area contributed by atoms with E-state index in [9.17, 15) is 18.0 Å². The number of nitrogens with zero attached hydrogens (tertiary/aromatic N) is 1. The predicted octanol–water partition coefficient (Wildman–Crippen LogP) is 4.35. The second-order valence-electron chi connectivity index (χ2n) is 7.98. The molecule has 0 aromatic heterocycles. The molecule has 0 saturated carbocycles. The minimum absolute atomic E-state index is 0.0528. The highest BCUT2D eigenvalue weighted by atomic mass is 19.4. The summed E-state index contributed by atoms with van der Waals surface area (Å²) in [6.45, 7) is 6.58. The fraction of sp³-hybridized carbons (Fsp3) is 0.650. The van der Waals surface area contributed by atoms with Crippen LogP contribution in [0.25, 0.3) is 0 Å². The quantitative estimate of drug-likeness (QED) is 0.821. The molecule has 2 heterocycles. The van der Waals surface area contributed by atoms with E-state index >= 15 is 0 Å². The van der Waals surface area contributed by atoms with Crippen LogP contribution in [0, 0.1) is 11.3 Å². The largest absolute Gasteiger partial charge is 0.403 e. The first kappa shape index (κ1) is 20.1. The van der Waals surface area contributed by atoms with Gasteiger partial charge in [0.1, 0.15) is 5.41 Å². The molecule has 2 aliphatic heterocycles. The van der Waals surface area contributed by atoms with E-state index in [0.717, 1.165) is 30.6 Å². The van der Waals surface area contributed by atoms with Gasteiger partial charge in [0, 0.05) is 32.0 Å². The number of hydrogen-bond acceptors (Lipinski definition) is 3. The first-order chi connectivity index (χ1) is 12.7. The number of carbonyl (C=O) groups excluding carboxylic acids is 1. The molecule has 1 fully saturated rings. The molecule has 3 rings (SSSR count). The molecule has 0 radical (unpaired) electrons. The molecule has 1 aromatic rings. The van der Waals surface area contributed by atoms with Gasteiger partial charge >= 0.3 is 6.18 Å². The van der Waals surface area contributed by atoms with Crippen molar-refractivity contribution in [2.45, 2.75) is 52.4 Å². The summed E-state index contributed by atoms with van der Waals surface area (Å²) < 4.78 is 46.3. The number of nitrogens with one attached hydrogen (secondary N) is 1. The molecule has 0 spiro atoms. The maximum Gasteiger partial charge on any atom is 0.403 e. The van der Waals surface area contributed by atoms with E-state index in [1.807, 2.05) is 6.07 Å². The summed E-state index contributed by atoms with van der Waals surface area (Å²) in [5, 5.41) is 2.60. The van der Waals surface area contributed by atoms with Gasteiger partial charge < -0.3 is 10.1 Å². The minimum atomic E-state index is -4.60. The summed E-state index contributed by atoms with van der Waals surface area (Å²) in [6.07, 6.45) is -4.20. The normalized spacial score (nSPS) is 19.9. The molecule has 0 unspecified atom stereocenters. The van der Waals surface area contributed by atoms with Crippen LogP contribution < -0.4 is 5.32 Å². The van der Waals surface area contributed by atoms with Crippen molar-refractivity contribution in [1.82, 2.24) is 4.90 Å². The lowest BCUT2D eigenvalue weighted by molar-refractivity contribution is -0.237. The number of halogens is 3. The molecule has 0 atom stereocenters. The summed E-state index contributed by atoms with van der Waals surface area (Å²) in [4.78, 5) is 15.0. The molecule has 27 heavy (non-hydrogen) atoms. The van der Waals surface area contributed by atoms with Gasteiger partial charge in [0.05, 0.1) is 0 Å². The number of carbonyl (C=O) groups is 1. The molecule has 1 amide bonds. The van der Waals surface area contributed by atoms with E-state index in [1.165, 1.54) is 0 Å². The fourth-order valence-electron chi connectivity index (χ4n) is 3.81. The lowest BCUT2D eigenvalue weighted by Gasteiger charge is -2.37. The molecular formula is C20H27F3N2O2. The van der Waals surface area contributed by atoms with Crippen molar-refractivity contribution in [2.75, 3.05) is 25.1 Å².